The summed E-state index contributed by atoms with van der Waals surface area (Å²) < 4.78 is 5.08. The van der Waals surface area contributed by atoms with E-state index in [1.54, 1.807) is 0 Å². The van der Waals surface area contributed by atoms with Crippen LogP contribution in [0.3, 0.4) is 0 Å². The summed E-state index contributed by atoms with van der Waals surface area (Å²) in [6.07, 6.45) is -0.183. The number of benzene rings is 1. The van der Waals surface area contributed by atoms with E-state index in [-0.39, 0.29) is 6.09 Å². The number of hydrogen-bond donors (Lipinski definition) is 0. The molecule has 1 fully saturated rings. The average molecular weight is 304 g/mol. The van der Waals surface area contributed by atoms with E-state index < -0.39 is 0 Å². The summed E-state index contributed by atoms with van der Waals surface area (Å²) in [7, 11) is 0. The van der Waals surface area contributed by atoms with Crippen LogP contribution in [0.5, 0.6) is 0 Å². The van der Waals surface area contributed by atoms with Crippen molar-refractivity contribution in [2.24, 2.45) is 0 Å². The quantitative estimate of drug-likeness (QED) is 0.857. The Balaban J connectivity index is 2.04. The molecular weight excluding hydrogens is 276 g/mol. The highest BCUT2D eigenvalue weighted by atomic mass is 16.6. The molecule has 0 bridgehead atoms. The van der Waals surface area contributed by atoms with Crippen LogP contribution in [-0.4, -0.2) is 48.7 Å². The lowest BCUT2D eigenvalue weighted by molar-refractivity contribution is 0.0684. The molecule has 0 saturated carbocycles. The Hall–Kier alpha value is -1.55. The van der Waals surface area contributed by atoms with Crippen LogP contribution in [-0.2, 0) is 4.74 Å². The van der Waals surface area contributed by atoms with Crippen LogP contribution >= 0.6 is 0 Å². The molecular formula is C18H28N2O2. The number of aryl methyl sites for hydroxylation is 3. The maximum atomic E-state index is 11.8. The first-order valence-corrected chi connectivity index (χ1v) is 8.17. The maximum Gasteiger partial charge on any atom is 0.409 e. The molecule has 0 aromatic heterocycles. The highest BCUT2D eigenvalue weighted by Crippen LogP contribution is 2.28. The Kier molecular flexibility index (Phi) is 5.46. The van der Waals surface area contributed by atoms with Gasteiger partial charge in [0.05, 0.1) is 6.61 Å². The second-order valence-corrected chi connectivity index (χ2v) is 6.21. The average Bonchev–Trinajstić information content (AvgIpc) is 2.46. The summed E-state index contributed by atoms with van der Waals surface area (Å²) in [5.74, 6) is 0. The predicted molar refractivity (Wildman–Crippen MR) is 89.2 cm³/mol. The van der Waals surface area contributed by atoms with Crippen molar-refractivity contribution in [3.05, 3.63) is 34.4 Å². The molecule has 1 aromatic rings. The molecule has 2 rings (SSSR count). The number of carbonyl (C=O) groups excluding carboxylic acids is 1. The number of amides is 1. The van der Waals surface area contributed by atoms with Crippen molar-refractivity contribution in [1.29, 1.82) is 0 Å². The van der Waals surface area contributed by atoms with E-state index in [0.717, 1.165) is 26.2 Å². The van der Waals surface area contributed by atoms with Crippen LogP contribution < -0.4 is 0 Å². The molecule has 1 aliphatic rings. The molecule has 1 amide bonds. The molecule has 1 saturated heterocycles. The molecule has 0 radical (unpaired) electrons. The smallest absolute Gasteiger partial charge is 0.409 e. The Labute approximate surface area is 134 Å². The number of nitrogens with zero attached hydrogens (tertiary/aromatic N) is 2. The maximum absolute atomic E-state index is 11.8. The molecule has 1 aromatic carbocycles. The topological polar surface area (TPSA) is 32.8 Å². The van der Waals surface area contributed by atoms with Crippen molar-refractivity contribution in [2.45, 2.75) is 40.7 Å². The lowest BCUT2D eigenvalue weighted by atomic mass is 9.93. The van der Waals surface area contributed by atoms with Crippen LogP contribution in [0.2, 0.25) is 0 Å². The number of piperazine rings is 1. The van der Waals surface area contributed by atoms with Gasteiger partial charge >= 0.3 is 6.09 Å². The van der Waals surface area contributed by atoms with Crippen LogP contribution in [0.25, 0.3) is 0 Å². The fourth-order valence-corrected chi connectivity index (χ4v) is 3.54. The van der Waals surface area contributed by atoms with E-state index in [9.17, 15) is 4.79 Å². The summed E-state index contributed by atoms with van der Waals surface area (Å²) >= 11 is 0. The minimum Gasteiger partial charge on any atom is -0.450 e. The molecule has 1 aliphatic heterocycles. The Bertz CT molecular complexity index is 511. The highest BCUT2D eigenvalue weighted by Gasteiger charge is 2.26. The summed E-state index contributed by atoms with van der Waals surface area (Å²) in [6, 6.07) is 4.89. The standard InChI is InChI=1S/C18H28N2O2/c1-6-22-18(21)20-9-7-19(8-10-20)16(5)17-14(3)11-13(2)12-15(17)4/h11-12,16H,6-10H2,1-5H3/t16-/m1/s1. The SMILES string of the molecule is CCOC(=O)N1CCN([C@H](C)c2c(C)cc(C)cc2C)CC1. The third kappa shape index (κ3) is 3.61. The van der Waals surface area contributed by atoms with Crippen molar-refractivity contribution in [3.63, 3.8) is 0 Å². The lowest BCUT2D eigenvalue weighted by Gasteiger charge is -2.38. The first kappa shape index (κ1) is 16.8. The van der Waals surface area contributed by atoms with E-state index in [1.165, 1.54) is 22.3 Å². The van der Waals surface area contributed by atoms with Gasteiger partial charge in [0, 0.05) is 32.2 Å². The second-order valence-electron chi connectivity index (χ2n) is 6.21. The minimum absolute atomic E-state index is 0.183. The van der Waals surface area contributed by atoms with Crippen LogP contribution in [0, 0.1) is 20.8 Å². The first-order chi connectivity index (χ1) is 10.4. The molecule has 122 valence electrons. The van der Waals surface area contributed by atoms with E-state index in [0.29, 0.717) is 12.6 Å². The fraction of sp³-hybridized carbons (Fsp3) is 0.611. The van der Waals surface area contributed by atoms with Gasteiger partial charge in [-0.3, -0.25) is 4.90 Å². The summed E-state index contributed by atoms with van der Waals surface area (Å²) in [4.78, 5) is 16.0. The molecule has 4 nitrogen and oxygen atoms in total. The van der Waals surface area contributed by atoms with Crippen LogP contribution in [0.15, 0.2) is 12.1 Å². The molecule has 0 spiro atoms. The zero-order chi connectivity index (χ0) is 16.3. The van der Waals surface area contributed by atoms with E-state index >= 15 is 0 Å². The predicted octanol–water partition coefficient (Wildman–Crippen LogP) is 3.45. The molecule has 4 heteroatoms. The van der Waals surface area contributed by atoms with Crippen molar-refractivity contribution in [2.75, 3.05) is 32.8 Å². The highest BCUT2D eigenvalue weighted by molar-refractivity contribution is 5.67. The van der Waals surface area contributed by atoms with E-state index in [4.69, 9.17) is 4.74 Å². The van der Waals surface area contributed by atoms with Crippen molar-refractivity contribution < 1.29 is 9.53 Å². The second kappa shape index (κ2) is 7.14. The fourth-order valence-electron chi connectivity index (χ4n) is 3.54. The summed E-state index contributed by atoms with van der Waals surface area (Å²) in [5.41, 5.74) is 5.46. The number of rotatable bonds is 3. The third-order valence-corrected chi connectivity index (χ3v) is 4.54. The molecule has 22 heavy (non-hydrogen) atoms. The molecule has 1 heterocycles. The third-order valence-electron chi connectivity index (χ3n) is 4.54. The van der Waals surface area contributed by atoms with E-state index in [1.807, 2.05) is 11.8 Å². The van der Waals surface area contributed by atoms with Gasteiger partial charge in [-0.25, -0.2) is 4.79 Å². The lowest BCUT2D eigenvalue weighted by Crippen LogP contribution is -2.49. The first-order valence-electron chi connectivity index (χ1n) is 8.17. The van der Waals surface area contributed by atoms with E-state index in [2.05, 4.69) is 44.7 Å². The summed E-state index contributed by atoms with van der Waals surface area (Å²) in [6.45, 7) is 14.4. The van der Waals surface area contributed by atoms with Gasteiger partial charge in [0.2, 0.25) is 0 Å². The molecule has 0 N–H and O–H groups in total. The van der Waals surface area contributed by atoms with Crippen molar-refractivity contribution in [1.82, 2.24) is 9.80 Å². The number of ether oxygens (including phenoxy) is 1. The minimum atomic E-state index is -0.183. The summed E-state index contributed by atoms with van der Waals surface area (Å²) in [5, 5.41) is 0. The number of hydrogen-bond acceptors (Lipinski definition) is 3. The van der Waals surface area contributed by atoms with Gasteiger partial charge in [-0.2, -0.15) is 0 Å². The van der Waals surface area contributed by atoms with Gasteiger partial charge in [-0.15, -0.1) is 0 Å². The van der Waals surface area contributed by atoms with Gasteiger partial charge in [0.1, 0.15) is 0 Å². The zero-order valence-electron chi connectivity index (χ0n) is 14.5. The Morgan fingerprint density at radius 2 is 1.68 bits per heavy atom. The van der Waals surface area contributed by atoms with Crippen molar-refractivity contribution in [3.8, 4) is 0 Å². The van der Waals surface area contributed by atoms with Gasteiger partial charge in [-0.1, -0.05) is 17.7 Å². The van der Waals surface area contributed by atoms with Crippen LogP contribution in [0.4, 0.5) is 4.79 Å². The normalized spacial score (nSPS) is 17.4. The van der Waals surface area contributed by atoms with Crippen LogP contribution in [0.1, 0.15) is 42.1 Å². The van der Waals surface area contributed by atoms with Gasteiger partial charge in [0.25, 0.3) is 0 Å². The zero-order valence-corrected chi connectivity index (χ0v) is 14.5. The Morgan fingerprint density at radius 3 is 2.18 bits per heavy atom. The largest absolute Gasteiger partial charge is 0.450 e. The van der Waals surface area contributed by atoms with Gasteiger partial charge < -0.3 is 9.64 Å². The molecule has 1 atom stereocenters. The Morgan fingerprint density at radius 1 is 1.14 bits per heavy atom. The number of carbonyl (C=O) groups is 1. The molecule has 0 aliphatic carbocycles. The monoisotopic (exact) mass is 304 g/mol. The molecule has 0 unspecified atom stereocenters. The van der Waals surface area contributed by atoms with Crippen molar-refractivity contribution >= 4 is 6.09 Å². The van der Waals surface area contributed by atoms with Gasteiger partial charge in [-0.05, 0) is 51.3 Å². The van der Waals surface area contributed by atoms with Gasteiger partial charge in [0.15, 0.2) is 0 Å².